The van der Waals surface area contributed by atoms with Crippen LogP contribution in [-0.2, 0) is 4.74 Å². The number of carbonyl (C=O) groups is 1. The molecule has 0 unspecified atom stereocenters. The van der Waals surface area contributed by atoms with E-state index in [0.717, 1.165) is 0 Å². The molecule has 0 atom stereocenters. The molecule has 2 aromatic heterocycles. The summed E-state index contributed by atoms with van der Waals surface area (Å²) in [5.74, 6) is -0.861. The van der Waals surface area contributed by atoms with Gasteiger partial charge in [-0.1, -0.05) is 18.0 Å². The third kappa shape index (κ3) is 2.43. The van der Waals surface area contributed by atoms with Crippen molar-refractivity contribution in [2.24, 2.45) is 5.41 Å². The van der Waals surface area contributed by atoms with Crippen molar-refractivity contribution in [3.05, 3.63) is 35.4 Å². The van der Waals surface area contributed by atoms with Crippen molar-refractivity contribution >= 4 is 23.1 Å². The zero-order valence-corrected chi connectivity index (χ0v) is 12.1. The van der Waals surface area contributed by atoms with Crippen molar-refractivity contribution in [3.8, 4) is 0 Å². The lowest BCUT2D eigenvalue weighted by atomic mass is 9.69. The molecule has 0 bridgehead atoms. The molecule has 0 radical (unpaired) electrons. The maximum Gasteiger partial charge on any atom is 0.397 e. The SMILES string of the molecule is O=C(OCC1(C(F)(F)F)CCC1)c1ncn2cc(Cl)ccc12. The van der Waals surface area contributed by atoms with Crippen molar-refractivity contribution < 1.29 is 22.7 Å². The zero-order valence-electron chi connectivity index (χ0n) is 11.4. The highest BCUT2D eigenvalue weighted by Gasteiger charge is 2.59. The summed E-state index contributed by atoms with van der Waals surface area (Å²) in [5, 5.41) is 0.454. The van der Waals surface area contributed by atoms with Crippen LogP contribution in [0.1, 0.15) is 29.8 Å². The quantitative estimate of drug-likeness (QED) is 0.801. The van der Waals surface area contributed by atoms with Crippen molar-refractivity contribution in [2.75, 3.05) is 6.61 Å². The number of hydrogen-bond acceptors (Lipinski definition) is 3. The van der Waals surface area contributed by atoms with Gasteiger partial charge in [0.25, 0.3) is 0 Å². The predicted molar refractivity (Wildman–Crippen MR) is 72.8 cm³/mol. The highest BCUT2D eigenvalue weighted by atomic mass is 35.5. The van der Waals surface area contributed by atoms with E-state index >= 15 is 0 Å². The van der Waals surface area contributed by atoms with Crippen molar-refractivity contribution in [2.45, 2.75) is 25.4 Å². The van der Waals surface area contributed by atoms with Gasteiger partial charge < -0.3 is 9.14 Å². The molecule has 1 saturated carbocycles. The fourth-order valence-electron chi connectivity index (χ4n) is 2.52. The van der Waals surface area contributed by atoms with Gasteiger partial charge in [-0.05, 0) is 25.0 Å². The smallest absolute Gasteiger partial charge is 0.397 e. The highest BCUT2D eigenvalue weighted by molar-refractivity contribution is 6.30. The average Bonchev–Trinajstić information content (AvgIpc) is 2.78. The average molecular weight is 333 g/mol. The standard InChI is InChI=1S/C14H12ClF3N2O2/c15-9-2-3-10-11(19-8-20(10)6-9)12(21)22-7-13(4-1-5-13)14(16,17)18/h2-3,6,8H,1,4-5,7H2. The number of ether oxygens (including phenoxy) is 1. The summed E-state index contributed by atoms with van der Waals surface area (Å²) in [5.41, 5.74) is -1.49. The van der Waals surface area contributed by atoms with Crippen LogP contribution in [0.4, 0.5) is 13.2 Å². The van der Waals surface area contributed by atoms with Gasteiger partial charge in [0.15, 0.2) is 5.69 Å². The van der Waals surface area contributed by atoms with Crippen LogP contribution in [0.3, 0.4) is 0 Å². The fourth-order valence-corrected chi connectivity index (χ4v) is 2.68. The van der Waals surface area contributed by atoms with Crippen LogP contribution >= 0.6 is 11.6 Å². The molecule has 1 fully saturated rings. The summed E-state index contributed by atoms with van der Waals surface area (Å²) < 4.78 is 45.5. The molecule has 0 spiro atoms. The summed E-state index contributed by atoms with van der Waals surface area (Å²) in [6.45, 7) is -0.665. The third-order valence-corrected chi connectivity index (χ3v) is 4.30. The van der Waals surface area contributed by atoms with E-state index in [-0.39, 0.29) is 18.5 Å². The number of rotatable bonds is 3. The number of hydrogen-bond donors (Lipinski definition) is 0. The lowest BCUT2D eigenvalue weighted by Gasteiger charge is -2.42. The molecule has 0 N–H and O–H groups in total. The first-order valence-corrected chi connectivity index (χ1v) is 7.06. The van der Waals surface area contributed by atoms with E-state index in [0.29, 0.717) is 17.0 Å². The molecule has 4 nitrogen and oxygen atoms in total. The molecule has 118 valence electrons. The van der Waals surface area contributed by atoms with Crippen LogP contribution < -0.4 is 0 Å². The van der Waals surface area contributed by atoms with Crippen molar-refractivity contribution in [1.29, 1.82) is 0 Å². The Balaban J connectivity index is 1.77. The Labute approximate surface area is 128 Å². The minimum absolute atomic E-state index is 0.0106. The molecule has 1 aliphatic rings. The largest absolute Gasteiger partial charge is 0.460 e. The second-order valence-electron chi connectivity index (χ2n) is 5.44. The predicted octanol–water partition coefficient (Wildman–Crippen LogP) is 3.88. The highest BCUT2D eigenvalue weighted by Crippen LogP contribution is 2.53. The lowest BCUT2D eigenvalue weighted by molar-refractivity contribution is -0.261. The third-order valence-electron chi connectivity index (χ3n) is 4.08. The molecule has 0 aromatic carbocycles. The number of aromatic nitrogens is 2. The monoisotopic (exact) mass is 332 g/mol. The Morgan fingerprint density at radius 2 is 2.14 bits per heavy atom. The first-order chi connectivity index (χ1) is 10.3. The molecule has 22 heavy (non-hydrogen) atoms. The number of imidazole rings is 1. The van der Waals surface area contributed by atoms with Crippen LogP contribution in [0, 0.1) is 5.41 Å². The number of esters is 1. The lowest BCUT2D eigenvalue weighted by Crippen LogP contribution is -2.47. The first-order valence-electron chi connectivity index (χ1n) is 6.68. The Hall–Kier alpha value is -1.76. The summed E-state index contributed by atoms with van der Waals surface area (Å²) in [6, 6.07) is 3.13. The Morgan fingerprint density at radius 1 is 1.41 bits per heavy atom. The van der Waals surface area contributed by atoms with Gasteiger partial charge in [0.05, 0.1) is 10.5 Å². The van der Waals surface area contributed by atoms with Gasteiger partial charge in [0.1, 0.15) is 18.3 Å². The van der Waals surface area contributed by atoms with Crippen LogP contribution in [0.5, 0.6) is 0 Å². The van der Waals surface area contributed by atoms with Crippen LogP contribution in [-0.4, -0.2) is 28.1 Å². The summed E-state index contributed by atoms with van der Waals surface area (Å²) in [4.78, 5) is 15.9. The zero-order chi connectivity index (χ0) is 16.0. The first kappa shape index (κ1) is 15.1. The number of nitrogens with zero attached hydrogens (tertiary/aromatic N) is 2. The van der Waals surface area contributed by atoms with Gasteiger partial charge in [-0.25, -0.2) is 9.78 Å². The molecule has 0 saturated heterocycles. The van der Waals surface area contributed by atoms with Gasteiger partial charge in [0, 0.05) is 6.20 Å². The number of halogens is 4. The molecular weight excluding hydrogens is 321 g/mol. The molecule has 8 heteroatoms. The maximum absolute atomic E-state index is 13.0. The van der Waals surface area contributed by atoms with Gasteiger partial charge >= 0.3 is 12.1 Å². The molecule has 2 heterocycles. The number of pyridine rings is 1. The molecule has 1 aliphatic carbocycles. The molecule has 0 aliphatic heterocycles. The van der Waals surface area contributed by atoms with E-state index in [2.05, 4.69) is 4.98 Å². The maximum atomic E-state index is 13.0. The van der Waals surface area contributed by atoms with Gasteiger partial charge in [-0.2, -0.15) is 13.2 Å². The molecule has 0 amide bonds. The second kappa shape index (κ2) is 5.15. The molecule has 3 rings (SSSR count). The van der Waals surface area contributed by atoms with E-state index in [9.17, 15) is 18.0 Å². The minimum Gasteiger partial charge on any atom is -0.460 e. The fraction of sp³-hybridized carbons (Fsp3) is 0.429. The number of carbonyl (C=O) groups excluding carboxylic acids is 1. The number of alkyl halides is 3. The molecule has 2 aromatic rings. The van der Waals surface area contributed by atoms with Crippen molar-refractivity contribution in [1.82, 2.24) is 9.38 Å². The van der Waals surface area contributed by atoms with Crippen molar-refractivity contribution in [3.63, 3.8) is 0 Å². The van der Waals surface area contributed by atoms with Crippen LogP contribution in [0.25, 0.3) is 5.52 Å². The van der Waals surface area contributed by atoms with Crippen LogP contribution in [0.2, 0.25) is 5.02 Å². The summed E-state index contributed by atoms with van der Waals surface area (Å²) >= 11 is 5.82. The van der Waals surface area contributed by atoms with Gasteiger partial charge in [0.2, 0.25) is 0 Å². The molecular formula is C14H12ClF3N2O2. The van der Waals surface area contributed by atoms with Crippen LogP contribution in [0.15, 0.2) is 24.7 Å². The Kier molecular flexibility index (Phi) is 3.55. The Bertz CT molecular complexity index is 722. The van der Waals surface area contributed by atoms with E-state index in [1.165, 1.54) is 10.7 Å². The Morgan fingerprint density at radius 3 is 2.73 bits per heavy atom. The summed E-state index contributed by atoms with van der Waals surface area (Å²) in [6.07, 6.45) is -0.991. The normalized spacial score (nSPS) is 17.3. The van der Waals surface area contributed by atoms with E-state index < -0.39 is 24.2 Å². The topological polar surface area (TPSA) is 43.6 Å². The van der Waals surface area contributed by atoms with E-state index in [1.807, 2.05) is 0 Å². The van der Waals surface area contributed by atoms with E-state index in [1.54, 1.807) is 18.3 Å². The second-order valence-corrected chi connectivity index (χ2v) is 5.88. The number of fused-ring (bicyclic) bond motifs is 1. The summed E-state index contributed by atoms with van der Waals surface area (Å²) in [7, 11) is 0. The van der Waals surface area contributed by atoms with Gasteiger partial charge in [-0.15, -0.1) is 0 Å². The van der Waals surface area contributed by atoms with Gasteiger partial charge in [-0.3, -0.25) is 0 Å². The minimum atomic E-state index is -4.37. The van der Waals surface area contributed by atoms with E-state index in [4.69, 9.17) is 16.3 Å².